The van der Waals surface area contributed by atoms with Crippen molar-refractivity contribution in [2.75, 3.05) is 39.5 Å². The first-order chi connectivity index (χ1) is 9.90. The van der Waals surface area contributed by atoms with E-state index >= 15 is 0 Å². The normalized spacial score (nSPS) is 21.4. The smallest absolute Gasteiger partial charge is 0.243 e. The monoisotopic (exact) mass is 313 g/mol. The Bertz CT molecular complexity index is 603. The molecule has 21 heavy (non-hydrogen) atoms. The van der Waals surface area contributed by atoms with Crippen LogP contribution in [0.2, 0.25) is 0 Å². The van der Waals surface area contributed by atoms with Crippen LogP contribution >= 0.6 is 0 Å². The lowest BCUT2D eigenvalue weighted by atomic mass is 10.1. The Labute approximate surface area is 126 Å². The van der Waals surface area contributed by atoms with Gasteiger partial charge in [0.25, 0.3) is 0 Å². The van der Waals surface area contributed by atoms with E-state index in [4.69, 9.17) is 10.5 Å². The van der Waals surface area contributed by atoms with Crippen LogP contribution in [0, 0.1) is 0 Å². The highest BCUT2D eigenvalue weighted by molar-refractivity contribution is 7.89. The van der Waals surface area contributed by atoms with Crippen LogP contribution in [0.1, 0.15) is 13.3 Å². The fourth-order valence-electron chi connectivity index (χ4n) is 2.60. The fraction of sp³-hybridized carbons (Fsp3) is 0.571. The molecule has 1 fully saturated rings. The third-order valence-electron chi connectivity index (χ3n) is 4.05. The van der Waals surface area contributed by atoms with Gasteiger partial charge < -0.3 is 15.4 Å². The molecule has 6 nitrogen and oxygen atoms in total. The number of benzene rings is 1. The standard InChI is InChI=1S/C14H23N3O3S/c1-4-11-10-17(8-7-16(11)2)21(18,19)12-5-6-14(20-3)13(15)9-12/h5-6,9,11H,4,7-8,10,15H2,1-3H3. The zero-order chi connectivity index (χ0) is 15.6. The fourth-order valence-corrected chi connectivity index (χ4v) is 4.10. The second-order valence-electron chi connectivity index (χ2n) is 5.31. The molecular weight excluding hydrogens is 290 g/mol. The zero-order valence-electron chi connectivity index (χ0n) is 12.7. The third-order valence-corrected chi connectivity index (χ3v) is 5.91. The number of rotatable bonds is 4. The maximum Gasteiger partial charge on any atom is 0.243 e. The van der Waals surface area contributed by atoms with E-state index in [0.717, 1.165) is 13.0 Å². The van der Waals surface area contributed by atoms with Gasteiger partial charge in [0.2, 0.25) is 10.0 Å². The van der Waals surface area contributed by atoms with Crippen LogP contribution in [0.5, 0.6) is 5.75 Å². The van der Waals surface area contributed by atoms with E-state index in [9.17, 15) is 8.42 Å². The summed E-state index contributed by atoms with van der Waals surface area (Å²) in [5.41, 5.74) is 6.15. The lowest BCUT2D eigenvalue weighted by Gasteiger charge is -2.38. The highest BCUT2D eigenvalue weighted by atomic mass is 32.2. The minimum Gasteiger partial charge on any atom is -0.495 e. The quantitative estimate of drug-likeness (QED) is 0.839. The number of ether oxygens (including phenoxy) is 1. The molecule has 1 saturated heterocycles. The highest BCUT2D eigenvalue weighted by Gasteiger charge is 2.32. The summed E-state index contributed by atoms with van der Waals surface area (Å²) in [6.45, 7) is 3.83. The summed E-state index contributed by atoms with van der Waals surface area (Å²) in [4.78, 5) is 2.43. The van der Waals surface area contributed by atoms with Gasteiger partial charge in [-0.2, -0.15) is 4.31 Å². The number of piperazine rings is 1. The van der Waals surface area contributed by atoms with Crippen molar-refractivity contribution in [2.45, 2.75) is 24.3 Å². The first-order valence-corrected chi connectivity index (χ1v) is 8.48. The summed E-state index contributed by atoms with van der Waals surface area (Å²) in [5, 5.41) is 0. The number of nitrogens with zero attached hydrogens (tertiary/aromatic N) is 2. The van der Waals surface area contributed by atoms with Gasteiger partial charge >= 0.3 is 0 Å². The minimum absolute atomic E-state index is 0.222. The first-order valence-electron chi connectivity index (χ1n) is 7.04. The molecule has 1 aromatic carbocycles. The van der Waals surface area contributed by atoms with E-state index in [1.807, 2.05) is 7.05 Å². The molecular formula is C14H23N3O3S. The summed E-state index contributed by atoms with van der Waals surface area (Å²) in [6, 6.07) is 4.86. The molecule has 1 aliphatic rings. The average Bonchev–Trinajstić information content (AvgIpc) is 2.47. The topological polar surface area (TPSA) is 75.9 Å². The van der Waals surface area contributed by atoms with Crippen LogP contribution in [0.4, 0.5) is 5.69 Å². The Kier molecular flexibility index (Phi) is 4.75. The Morgan fingerprint density at radius 2 is 2.10 bits per heavy atom. The molecule has 2 rings (SSSR count). The largest absolute Gasteiger partial charge is 0.495 e. The Morgan fingerprint density at radius 1 is 1.38 bits per heavy atom. The molecule has 0 radical (unpaired) electrons. The van der Waals surface area contributed by atoms with Crippen LogP contribution in [0.25, 0.3) is 0 Å². The van der Waals surface area contributed by atoms with Crippen LogP contribution in [-0.4, -0.2) is 57.5 Å². The number of hydrogen-bond acceptors (Lipinski definition) is 5. The number of methoxy groups -OCH3 is 1. The number of nitrogens with two attached hydrogens (primary N) is 1. The summed E-state index contributed by atoms with van der Waals surface area (Å²) >= 11 is 0. The maximum absolute atomic E-state index is 12.7. The van der Waals surface area contributed by atoms with Crippen LogP contribution in [0.3, 0.4) is 0 Å². The molecule has 1 atom stereocenters. The predicted octanol–water partition coefficient (Wildman–Crippen LogP) is 0.992. The Morgan fingerprint density at radius 3 is 2.67 bits per heavy atom. The number of sulfonamides is 1. The Balaban J connectivity index is 2.27. The summed E-state index contributed by atoms with van der Waals surface area (Å²) < 4.78 is 32.0. The van der Waals surface area contributed by atoms with Crippen molar-refractivity contribution in [3.05, 3.63) is 18.2 Å². The lowest BCUT2D eigenvalue weighted by molar-refractivity contribution is 0.144. The second kappa shape index (κ2) is 6.21. The van der Waals surface area contributed by atoms with E-state index in [1.54, 1.807) is 16.4 Å². The maximum atomic E-state index is 12.7. The van der Waals surface area contributed by atoms with Crippen molar-refractivity contribution in [2.24, 2.45) is 0 Å². The van der Waals surface area contributed by atoms with Gasteiger partial charge in [0.1, 0.15) is 5.75 Å². The van der Waals surface area contributed by atoms with E-state index in [-0.39, 0.29) is 10.9 Å². The van der Waals surface area contributed by atoms with Crippen molar-refractivity contribution in [3.63, 3.8) is 0 Å². The summed E-state index contributed by atoms with van der Waals surface area (Å²) in [5.74, 6) is 0.485. The highest BCUT2D eigenvalue weighted by Crippen LogP contribution is 2.27. The number of anilines is 1. The van der Waals surface area contributed by atoms with Gasteiger partial charge in [0.15, 0.2) is 0 Å². The Hall–Kier alpha value is -1.31. The molecule has 2 N–H and O–H groups in total. The van der Waals surface area contributed by atoms with Crippen molar-refractivity contribution >= 4 is 15.7 Å². The molecule has 118 valence electrons. The lowest BCUT2D eigenvalue weighted by Crippen LogP contribution is -2.52. The van der Waals surface area contributed by atoms with E-state index < -0.39 is 10.0 Å². The minimum atomic E-state index is -3.50. The summed E-state index contributed by atoms with van der Waals surface area (Å²) in [7, 11) is 0.0325. The van der Waals surface area contributed by atoms with Crippen molar-refractivity contribution < 1.29 is 13.2 Å². The number of likely N-dealkylation sites (N-methyl/N-ethyl adjacent to an activating group) is 1. The molecule has 0 aromatic heterocycles. The SMILES string of the molecule is CCC1CN(S(=O)(=O)c2ccc(OC)c(N)c2)CCN1C. The zero-order valence-corrected chi connectivity index (χ0v) is 13.6. The van der Waals surface area contributed by atoms with E-state index in [0.29, 0.717) is 24.5 Å². The van der Waals surface area contributed by atoms with Crippen LogP contribution < -0.4 is 10.5 Å². The van der Waals surface area contributed by atoms with Gasteiger partial charge in [-0.1, -0.05) is 6.92 Å². The predicted molar refractivity (Wildman–Crippen MR) is 82.9 cm³/mol. The van der Waals surface area contributed by atoms with Crippen LogP contribution in [-0.2, 0) is 10.0 Å². The second-order valence-corrected chi connectivity index (χ2v) is 7.25. The molecule has 0 saturated carbocycles. The first kappa shape index (κ1) is 16.1. The third kappa shape index (κ3) is 3.14. The van der Waals surface area contributed by atoms with Gasteiger partial charge in [-0.3, -0.25) is 0 Å². The molecule has 1 aliphatic heterocycles. The van der Waals surface area contributed by atoms with Gasteiger partial charge in [0.05, 0.1) is 17.7 Å². The van der Waals surface area contributed by atoms with Crippen molar-refractivity contribution in [3.8, 4) is 5.75 Å². The average molecular weight is 313 g/mol. The molecule has 0 spiro atoms. The molecule has 1 unspecified atom stereocenters. The van der Waals surface area contributed by atoms with Crippen LogP contribution in [0.15, 0.2) is 23.1 Å². The molecule has 7 heteroatoms. The molecule has 0 bridgehead atoms. The van der Waals surface area contributed by atoms with E-state index in [1.165, 1.54) is 13.2 Å². The molecule has 0 aliphatic carbocycles. The van der Waals surface area contributed by atoms with Crippen molar-refractivity contribution in [1.82, 2.24) is 9.21 Å². The molecule has 1 aromatic rings. The van der Waals surface area contributed by atoms with Gasteiger partial charge in [-0.05, 0) is 31.7 Å². The molecule has 0 amide bonds. The van der Waals surface area contributed by atoms with E-state index in [2.05, 4.69) is 11.8 Å². The van der Waals surface area contributed by atoms with Gasteiger partial charge in [0, 0.05) is 25.7 Å². The van der Waals surface area contributed by atoms with Gasteiger partial charge in [-0.25, -0.2) is 8.42 Å². The summed E-state index contributed by atoms with van der Waals surface area (Å²) in [6.07, 6.45) is 0.924. The van der Waals surface area contributed by atoms with Gasteiger partial charge in [-0.15, -0.1) is 0 Å². The van der Waals surface area contributed by atoms with Crippen molar-refractivity contribution in [1.29, 1.82) is 0 Å². The number of hydrogen-bond donors (Lipinski definition) is 1. The number of nitrogen functional groups attached to an aromatic ring is 1. The molecule has 1 heterocycles.